The maximum Gasteiger partial charge on any atom is 0.118 e. The number of nitrogens with zero attached hydrogens (tertiary/aromatic N) is 1. The Morgan fingerprint density at radius 1 is 0.595 bits per heavy atom. The minimum Gasteiger partial charge on any atom is -0.497 e. The molecule has 0 atom stereocenters. The second-order valence-electron chi connectivity index (χ2n) is 8.72. The summed E-state index contributed by atoms with van der Waals surface area (Å²) < 4.78 is 10.9. The van der Waals surface area contributed by atoms with Crippen molar-refractivity contribution in [2.75, 3.05) is 14.2 Å². The predicted octanol–water partition coefficient (Wildman–Crippen LogP) is 8.42. The monoisotopic (exact) mass is 485 g/mol. The minimum absolute atomic E-state index is 0.721. The Hall–Kier alpha value is -4.55. The molecule has 0 saturated heterocycles. The Morgan fingerprint density at radius 3 is 1.35 bits per heavy atom. The van der Waals surface area contributed by atoms with Gasteiger partial charge in [0.05, 0.1) is 20.3 Å². The molecule has 0 bridgehead atoms. The largest absolute Gasteiger partial charge is 0.497 e. The Morgan fingerprint density at radius 2 is 0.973 bits per heavy atom. The van der Waals surface area contributed by atoms with Gasteiger partial charge in [-0.25, -0.2) is 0 Å². The van der Waals surface area contributed by atoms with Crippen molar-refractivity contribution in [3.05, 3.63) is 137 Å². The van der Waals surface area contributed by atoms with Gasteiger partial charge in [-0.15, -0.1) is 0 Å². The first-order chi connectivity index (χ1) is 18.1. The molecular weight excluding hydrogens is 454 g/mol. The third-order valence-electron chi connectivity index (χ3n) is 6.62. The number of hydrogen-bond acceptors (Lipinski definition) is 3. The Bertz CT molecular complexity index is 1390. The van der Waals surface area contributed by atoms with Gasteiger partial charge in [0.2, 0.25) is 0 Å². The number of rotatable bonds is 8. The molecule has 0 aliphatic carbocycles. The molecule has 0 aromatic heterocycles. The quantitative estimate of drug-likeness (QED) is 0.186. The lowest BCUT2D eigenvalue weighted by Gasteiger charge is -2.19. The van der Waals surface area contributed by atoms with Crippen molar-refractivity contribution in [2.45, 2.75) is 20.3 Å². The molecule has 0 amide bonds. The average molecular weight is 486 g/mol. The van der Waals surface area contributed by atoms with Crippen molar-refractivity contribution in [1.82, 2.24) is 0 Å². The summed E-state index contributed by atoms with van der Waals surface area (Å²) in [4.78, 5) is 0. The van der Waals surface area contributed by atoms with E-state index in [1.54, 1.807) is 14.2 Å². The van der Waals surface area contributed by atoms with Crippen molar-refractivity contribution >= 4 is 16.7 Å². The molecule has 0 fully saturated rings. The average Bonchev–Trinajstić information content (AvgIpc) is 2.97. The summed E-state index contributed by atoms with van der Waals surface area (Å²) in [6.07, 6.45) is 0.721. The lowest BCUT2D eigenvalue weighted by Crippen LogP contribution is -1.98. The lowest BCUT2D eigenvalue weighted by molar-refractivity contribution is 0.414. The van der Waals surface area contributed by atoms with Crippen molar-refractivity contribution in [3.63, 3.8) is 0 Å². The van der Waals surface area contributed by atoms with Gasteiger partial charge in [-0.1, -0.05) is 85.8 Å². The molecule has 3 nitrogen and oxygen atoms in total. The molecule has 0 saturated carbocycles. The summed E-state index contributed by atoms with van der Waals surface area (Å²) in [6.45, 7) is 4.04. The first-order valence-corrected chi connectivity index (χ1v) is 12.4. The van der Waals surface area contributed by atoms with E-state index in [9.17, 15) is 5.26 Å². The van der Waals surface area contributed by atoms with Crippen LogP contribution in [0.25, 0.3) is 16.7 Å². The highest BCUT2D eigenvalue weighted by Crippen LogP contribution is 2.38. The summed E-state index contributed by atoms with van der Waals surface area (Å²) >= 11 is 0. The van der Waals surface area contributed by atoms with Crippen LogP contribution in [0.4, 0.5) is 0 Å². The van der Waals surface area contributed by atoms with Gasteiger partial charge in [-0.3, -0.25) is 0 Å². The van der Waals surface area contributed by atoms with E-state index in [-0.39, 0.29) is 0 Å². The molecule has 4 aromatic carbocycles. The smallest absolute Gasteiger partial charge is 0.118 e. The number of benzene rings is 4. The highest BCUT2D eigenvalue weighted by molar-refractivity contribution is 6.04. The van der Waals surface area contributed by atoms with Gasteiger partial charge >= 0.3 is 0 Å². The summed E-state index contributed by atoms with van der Waals surface area (Å²) in [5, 5.41) is 9.52. The molecule has 184 valence electrons. The van der Waals surface area contributed by atoms with Crippen molar-refractivity contribution in [2.24, 2.45) is 0 Å². The van der Waals surface area contributed by atoms with Gasteiger partial charge in [0, 0.05) is 5.57 Å². The van der Waals surface area contributed by atoms with Crippen molar-refractivity contribution in [1.29, 1.82) is 5.26 Å². The van der Waals surface area contributed by atoms with E-state index >= 15 is 0 Å². The zero-order valence-corrected chi connectivity index (χ0v) is 21.8. The van der Waals surface area contributed by atoms with Crippen LogP contribution in [0, 0.1) is 11.3 Å². The molecule has 0 unspecified atom stereocenters. The van der Waals surface area contributed by atoms with Crippen LogP contribution in [-0.4, -0.2) is 14.2 Å². The maximum atomic E-state index is 9.52. The van der Waals surface area contributed by atoms with Crippen LogP contribution < -0.4 is 9.47 Å². The molecule has 0 spiro atoms. The number of ether oxygens (including phenoxy) is 2. The fraction of sp³-hybridized carbons (Fsp3) is 0.147. The number of methoxy groups -OCH3 is 2. The standard InChI is InChI=1S/C34H31NO2/c1-5-25(23-35)24(2)26-11-13-28(14-12-26)33(27-9-7-6-8-10-27)34(29-15-19-31(36-3)20-16-29)30-17-21-32(37-4)22-18-30/h6-22H,5H2,1-4H3/b25-24+. The van der Waals surface area contributed by atoms with E-state index < -0.39 is 0 Å². The van der Waals surface area contributed by atoms with Crippen LogP contribution in [0.2, 0.25) is 0 Å². The number of allylic oxidation sites excluding steroid dienone is 2. The Balaban J connectivity index is 2.00. The maximum absolute atomic E-state index is 9.52. The SMILES string of the molecule is CC/C(C#N)=C(/C)c1ccc(C(=C(c2ccc(OC)cc2)c2ccc(OC)cc2)c2ccccc2)cc1. The Labute approximate surface area is 219 Å². The first kappa shape index (κ1) is 25.5. The fourth-order valence-electron chi connectivity index (χ4n) is 4.52. The molecule has 37 heavy (non-hydrogen) atoms. The molecule has 0 heterocycles. The van der Waals surface area contributed by atoms with E-state index in [0.717, 1.165) is 68.0 Å². The minimum atomic E-state index is 0.721. The summed E-state index contributed by atoms with van der Waals surface area (Å²) in [6, 6.07) is 37.7. The van der Waals surface area contributed by atoms with Crippen LogP contribution >= 0.6 is 0 Å². The predicted molar refractivity (Wildman–Crippen MR) is 152 cm³/mol. The molecule has 0 aliphatic heterocycles. The number of nitriles is 1. The third-order valence-corrected chi connectivity index (χ3v) is 6.62. The molecular formula is C34H31NO2. The fourth-order valence-corrected chi connectivity index (χ4v) is 4.52. The second kappa shape index (κ2) is 11.9. The van der Waals surface area contributed by atoms with E-state index in [1.807, 2.05) is 44.2 Å². The molecule has 0 N–H and O–H groups in total. The van der Waals surface area contributed by atoms with Gasteiger partial charge < -0.3 is 9.47 Å². The zero-order chi connectivity index (χ0) is 26.2. The van der Waals surface area contributed by atoms with Gasteiger partial charge in [-0.2, -0.15) is 5.26 Å². The second-order valence-corrected chi connectivity index (χ2v) is 8.72. The molecule has 0 radical (unpaired) electrons. The van der Waals surface area contributed by atoms with Crippen molar-refractivity contribution in [3.8, 4) is 17.6 Å². The van der Waals surface area contributed by atoms with Crippen molar-refractivity contribution < 1.29 is 9.47 Å². The molecule has 3 heteroatoms. The van der Waals surface area contributed by atoms with Gasteiger partial charge in [0.25, 0.3) is 0 Å². The van der Waals surface area contributed by atoms with E-state index in [0.29, 0.717) is 0 Å². The van der Waals surface area contributed by atoms with Gasteiger partial charge in [0.15, 0.2) is 0 Å². The number of hydrogen-bond donors (Lipinski definition) is 0. The van der Waals surface area contributed by atoms with Crippen LogP contribution in [0.1, 0.15) is 48.1 Å². The summed E-state index contributed by atoms with van der Waals surface area (Å²) in [5.74, 6) is 1.63. The van der Waals surface area contributed by atoms with Crippen LogP contribution in [0.5, 0.6) is 11.5 Å². The normalized spacial score (nSPS) is 11.2. The molecule has 0 aliphatic rings. The van der Waals surface area contributed by atoms with E-state index in [1.165, 1.54) is 0 Å². The summed E-state index contributed by atoms with van der Waals surface area (Å²) in [5.41, 5.74) is 9.52. The highest BCUT2D eigenvalue weighted by Gasteiger charge is 2.17. The van der Waals surface area contributed by atoms with E-state index in [4.69, 9.17) is 9.47 Å². The zero-order valence-electron chi connectivity index (χ0n) is 21.8. The third kappa shape index (κ3) is 5.66. The van der Waals surface area contributed by atoms with E-state index in [2.05, 4.69) is 78.9 Å². The highest BCUT2D eigenvalue weighted by atomic mass is 16.5. The van der Waals surface area contributed by atoms with Gasteiger partial charge in [-0.05, 0) is 82.1 Å². The first-order valence-electron chi connectivity index (χ1n) is 12.4. The van der Waals surface area contributed by atoms with Crippen LogP contribution in [0.15, 0.2) is 109 Å². The van der Waals surface area contributed by atoms with Crippen LogP contribution in [0.3, 0.4) is 0 Å². The molecule has 4 aromatic rings. The lowest BCUT2D eigenvalue weighted by atomic mass is 9.85. The van der Waals surface area contributed by atoms with Crippen LogP contribution in [-0.2, 0) is 0 Å². The van der Waals surface area contributed by atoms with Gasteiger partial charge in [0.1, 0.15) is 11.5 Å². The molecule has 4 rings (SSSR count). The topological polar surface area (TPSA) is 42.2 Å². The summed E-state index contributed by atoms with van der Waals surface area (Å²) in [7, 11) is 3.36. The Kier molecular flexibility index (Phi) is 8.23.